The van der Waals surface area contributed by atoms with Gasteiger partial charge in [-0.25, -0.2) is 0 Å². The molecule has 3 rings (SSSR count). The SMILES string of the molecule is CCn1ncc(NC(=O)c2ccn(Cn3cccn3)n2)c1C. The summed E-state index contributed by atoms with van der Waals surface area (Å²) >= 11 is 0. The van der Waals surface area contributed by atoms with Crippen LogP contribution in [-0.2, 0) is 13.2 Å². The number of carbonyl (C=O) groups excluding carboxylic acids is 1. The Morgan fingerprint density at radius 2 is 2.14 bits per heavy atom. The molecular formula is C14H17N7O. The van der Waals surface area contributed by atoms with Crippen LogP contribution in [0.4, 0.5) is 5.69 Å². The number of amides is 1. The first-order valence-electron chi connectivity index (χ1n) is 7.02. The van der Waals surface area contributed by atoms with Crippen LogP contribution in [0, 0.1) is 6.92 Å². The van der Waals surface area contributed by atoms with Crippen LogP contribution in [0.3, 0.4) is 0 Å². The molecule has 1 amide bonds. The first-order chi connectivity index (χ1) is 10.7. The number of carbonyl (C=O) groups is 1. The molecule has 0 aliphatic rings. The van der Waals surface area contributed by atoms with E-state index in [1.165, 1.54) is 0 Å². The summed E-state index contributed by atoms with van der Waals surface area (Å²) in [6.07, 6.45) is 6.94. The first-order valence-corrected chi connectivity index (χ1v) is 7.02. The molecular weight excluding hydrogens is 282 g/mol. The summed E-state index contributed by atoms with van der Waals surface area (Å²) < 4.78 is 5.21. The van der Waals surface area contributed by atoms with Crippen molar-refractivity contribution in [3.05, 3.63) is 48.3 Å². The molecule has 3 heterocycles. The minimum Gasteiger partial charge on any atom is -0.318 e. The van der Waals surface area contributed by atoms with E-state index >= 15 is 0 Å². The van der Waals surface area contributed by atoms with Crippen LogP contribution in [0.15, 0.2) is 36.9 Å². The second-order valence-corrected chi connectivity index (χ2v) is 4.84. The van der Waals surface area contributed by atoms with E-state index in [1.807, 2.05) is 30.8 Å². The molecule has 0 bridgehead atoms. The van der Waals surface area contributed by atoms with E-state index in [1.54, 1.807) is 34.0 Å². The van der Waals surface area contributed by atoms with Crippen LogP contribution in [0.1, 0.15) is 23.1 Å². The molecule has 114 valence electrons. The number of nitrogens with zero attached hydrogens (tertiary/aromatic N) is 6. The van der Waals surface area contributed by atoms with Gasteiger partial charge in [0.25, 0.3) is 5.91 Å². The van der Waals surface area contributed by atoms with Gasteiger partial charge in [-0.2, -0.15) is 15.3 Å². The monoisotopic (exact) mass is 299 g/mol. The number of anilines is 1. The van der Waals surface area contributed by atoms with Crippen LogP contribution in [0.25, 0.3) is 0 Å². The number of aryl methyl sites for hydroxylation is 1. The molecule has 0 spiro atoms. The van der Waals surface area contributed by atoms with Crippen molar-refractivity contribution >= 4 is 11.6 Å². The molecule has 1 N–H and O–H groups in total. The van der Waals surface area contributed by atoms with Crippen LogP contribution in [-0.4, -0.2) is 35.2 Å². The lowest BCUT2D eigenvalue weighted by atomic mass is 10.3. The van der Waals surface area contributed by atoms with Gasteiger partial charge in [-0.15, -0.1) is 0 Å². The third-order valence-electron chi connectivity index (χ3n) is 3.37. The van der Waals surface area contributed by atoms with Gasteiger partial charge in [-0.3, -0.25) is 18.8 Å². The molecule has 3 aromatic heterocycles. The van der Waals surface area contributed by atoms with Crippen molar-refractivity contribution in [1.29, 1.82) is 0 Å². The van der Waals surface area contributed by atoms with E-state index in [9.17, 15) is 4.79 Å². The summed E-state index contributed by atoms with van der Waals surface area (Å²) in [6.45, 7) is 5.15. The molecule has 3 aromatic rings. The van der Waals surface area contributed by atoms with Gasteiger partial charge in [0.05, 0.1) is 17.6 Å². The van der Waals surface area contributed by atoms with Gasteiger partial charge in [0, 0.05) is 25.1 Å². The third-order valence-corrected chi connectivity index (χ3v) is 3.37. The minimum atomic E-state index is -0.252. The maximum atomic E-state index is 12.2. The molecule has 0 fully saturated rings. The minimum absolute atomic E-state index is 0.252. The van der Waals surface area contributed by atoms with E-state index in [2.05, 4.69) is 20.6 Å². The predicted molar refractivity (Wildman–Crippen MR) is 80.4 cm³/mol. The number of rotatable bonds is 5. The maximum Gasteiger partial charge on any atom is 0.276 e. The van der Waals surface area contributed by atoms with Crippen LogP contribution < -0.4 is 5.32 Å². The van der Waals surface area contributed by atoms with Crippen molar-refractivity contribution in [1.82, 2.24) is 29.3 Å². The van der Waals surface area contributed by atoms with E-state index in [4.69, 9.17) is 0 Å². The van der Waals surface area contributed by atoms with Crippen LogP contribution >= 0.6 is 0 Å². The van der Waals surface area contributed by atoms with Crippen molar-refractivity contribution < 1.29 is 4.79 Å². The van der Waals surface area contributed by atoms with Crippen molar-refractivity contribution in [2.75, 3.05) is 5.32 Å². The summed E-state index contributed by atoms with van der Waals surface area (Å²) in [7, 11) is 0. The smallest absolute Gasteiger partial charge is 0.276 e. The summed E-state index contributed by atoms with van der Waals surface area (Å²) in [5.74, 6) is -0.252. The molecule has 0 saturated carbocycles. The molecule has 8 nitrogen and oxygen atoms in total. The topological polar surface area (TPSA) is 82.6 Å². The van der Waals surface area contributed by atoms with Crippen molar-refractivity contribution in [3.63, 3.8) is 0 Å². The fraction of sp³-hybridized carbons (Fsp3) is 0.286. The average Bonchev–Trinajstić information content (AvgIpc) is 3.23. The molecule has 22 heavy (non-hydrogen) atoms. The van der Waals surface area contributed by atoms with Gasteiger partial charge in [0.2, 0.25) is 0 Å². The highest BCUT2D eigenvalue weighted by molar-refractivity contribution is 6.03. The molecule has 0 saturated heterocycles. The van der Waals surface area contributed by atoms with Crippen molar-refractivity contribution in [3.8, 4) is 0 Å². The van der Waals surface area contributed by atoms with Crippen molar-refractivity contribution in [2.24, 2.45) is 0 Å². The number of nitrogens with one attached hydrogen (secondary N) is 1. The average molecular weight is 299 g/mol. The maximum absolute atomic E-state index is 12.2. The number of hydrogen-bond donors (Lipinski definition) is 1. The Balaban J connectivity index is 1.70. The zero-order valence-electron chi connectivity index (χ0n) is 12.5. The Morgan fingerprint density at radius 3 is 2.82 bits per heavy atom. The lowest BCUT2D eigenvalue weighted by Crippen LogP contribution is -2.15. The molecule has 0 radical (unpaired) electrons. The molecule has 0 unspecified atom stereocenters. The fourth-order valence-electron chi connectivity index (χ4n) is 2.17. The molecule has 0 atom stereocenters. The van der Waals surface area contributed by atoms with Crippen LogP contribution in [0.5, 0.6) is 0 Å². The predicted octanol–water partition coefficient (Wildman–Crippen LogP) is 1.36. The lowest BCUT2D eigenvalue weighted by molar-refractivity contribution is 0.102. The summed E-state index contributed by atoms with van der Waals surface area (Å²) in [4.78, 5) is 12.2. The van der Waals surface area contributed by atoms with E-state index in [0.717, 1.165) is 12.2 Å². The van der Waals surface area contributed by atoms with E-state index in [-0.39, 0.29) is 5.91 Å². The number of hydrogen-bond acceptors (Lipinski definition) is 4. The van der Waals surface area contributed by atoms with Gasteiger partial charge in [0.15, 0.2) is 5.69 Å². The van der Waals surface area contributed by atoms with Gasteiger partial charge in [-0.05, 0) is 26.0 Å². The third kappa shape index (κ3) is 2.76. The fourth-order valence-corrected chi connectivity index (χ4v) is 2.17. The second-order valence-electron chi connectivity index (χ2n) is 4.84. The van der Waals surface area contributed by atoms with Crippen LogP contribution in [0.2, 0.25) is 0 Å². The summed E-state index contributed by atoms with van der Waals surface area (Å²) in [6, 6.07) is 3.52. The zero-order chi connectivity index (χ0) is 15.5. The van der Waals surface area contributed by atoms with E-state index < -0.39 is 0 Å². The first kappa shape index (κ1) is 14.1. The van der Waals surface area contributed by atoms with E-state index in [0.29, 0.717) is 18.1 Å². The number of aromatic nitrogens is 6. The molecule has 0 aliphatic carbocycles. The Morgan fingerprint density at radius 1 is 1.27 bits per heavy atom. The highest BCUT2D eigenvalue weighted by Gasteiger charge is 2.13. The van der Waals surface area contributed by atoms with Gasteiger partial charge in [-0.1, -0.05) is 0 Å². The Kier molecular flexibility index (Phi) is 3.73. The highest BCUT2D eigenvalue weighted by Crippen LogP contribution is 2.14. The Labute approximate surface area is 127 Å². The highest BCUT2D eigenvalue weighted by atomic mass is 16.2. The summed E-state index contributed by atoms with van der Waals surface area (Å²) in [5, 5.41) is 15.4. The standard InChI is InChI=1S/C14H17N7O/c1-3-21-11(2)13(9-16-21)17-14(22)12-5-8-20(18-12)10-19-7-4-6-15-19/h4-9H,3,10H2,1-2H3,(H,17,22). The Bertz CT molecular complexity index is 769. The second kappa shape index (κ2) is 5.84. The molecule has 8 heteroatoms. The molecule has 0 aromatic carbocycles. The van der Waals surface area contributed by atoms with Crippen molar-refractivity contribution in [2.45, 2.75) is 27.1 Å². The quantitative estimate of drug-likeness (QED) is 0.771. The lowest BCUT2D eigenvalue weighted by Gasteiger charge is -2.04. The van der Waals surface area contributed by atoms with Gasteiger partial charge in [0.1, 0.15) is 6.67 Å². The Hall–Kier alpha value is -2.90. The largest absolute Gasteiger partial charge is 0.318 e. The normalized spacial score (nSPS) is 10.8. The molecule has 0 aliphatic heterocycles. The van der Waals surface area contributed by atoms with Gasteiger partial charge < -0.3 is 5.32 Å². The summed E-state index contributed by atoms with van der Waals surface area (Å²) in [5.41, 5.74) is 1.98. The van der Waals surface area contributed by atoms with Gasteiger partial charge >= 0.3 is 0 Å². The zero-order valence-corrected chi connectivity index (χ0v) is 12.5.